The van der Waals surface area contributed by atoms with Crippen LogP contribution in [-0.2, 0) is 4.79 Å². The zero-order chi connectivity index (χ0) is 23.7. The lowest BCUT2D eigenvalue weighted by atomic mass is 10.1. The third kappa shape index (κ3) is 3.93. The fourth-order valence-electron chi connectivity index (χ4n) is 2.86. The van der Waals surface area contributed by atoms with Crippen LogP contribution in [0.15, 0.2) is 27.3 Å². The monoisotopic (exact) mass is 514 g/mol. The number of nitrogens with zero attached hydrogens (tertiary/aromatic N) is 2. The Balaban J connectivity index is 2.05. The average Bonchev–Trinajstić information content (AvgIpc) is 3.03. The summed E-state index contributed by atoms with van der Waals surface area (Å²) in [5.74, 6) is -9.28. The van der Waals surface area contributed by atoms with Gasteiger partial charge in [0.15, 0.2) is 34.8 Å². The van der Waals surface area contributed by atoms with E-state index in [0.29, 0.717) is 15.8 Å². The Hall–Kier alpha value is -3.39. The highest BCUT2D eigenvalue weighted by atomic mass is 79.9. The lowest BCUT2D eigenvalue weighted by molar-refractivity contribution is -0.114. The maximum absolute atomic E-state index is 14.2. The van der Waals surface area contributed by atoms with Crippen LogP contribution in [0.4, 0.5) is 27.6 Å². The molecule has 0 aromatic heterocycles. The quantitative estimate of drug-likeness (QED) is 0.186. The van der Waals surface area contributed by atoms with Crippen LogP contribution in [0.25, 0.3) is 6.08 Å². The molecule has 3 rings (SSSR count). The molecule has 2 aromatic rings. The van der Waals surface area contributed by atoms with Gasteiger partial charge >= 0.3 is 0 Å². The van der Waals surface area contributed by atoms with Crippen molar-refractivity contribution in [1.82, 2.24) is 0 Å². The number of carbonyl (C=O) groups excluding carboxylic acids is 1. The number of carbonyl (C=O) groups is 1. The number of hydrogen-bond acceptors (Lipinski definition) is 4. The molecule has 0 radical (unpaired) electrons. The van der Waals surface area contributed by atoms with E-state index in [2.05, 4.69) is 27.0 Å². The molecule has 11 heteroatoms. The van der Waals surface area contributed by atoms with Gasteiger partial charge in [0.05, 0.1) is 22.9 Å². The van der Waals surface area contributed by atoms with Crippen molar-refractivity contribution in [3.05, 3.63) is 56.8 Å². The Kier molecular flexibility index (Phi) is 6.55. The van der Waals surface area contributed by atoms with Gasteiger partial charge in [-0.15, -0.1) is 6.42 Å². The zero-order valence-electron chi connectivity index (χ0n) is 16.4. The molecule has 166 valence electrons. The first-order chi connectivity index (χ1) is 15.1. The van der Waals surface area contributed by atoms with Crippen LogP contribution in [0.3, 0.4) is 0 Å². The predicted molar refractivity (Wildman–Crippen MR) is 110 cm³/mol. The Labute approximate surface area is 187 Å². The lowest BCUT2D eigenvalue weighted by Gasteiger charge is -2.15. The number of terminal acetylenes is 1. The van der Waals surface area contributed by atoms with Crippen LogP contribution >= 0.6 is 15.9 Å². The fraction of sp³-hybridized carbons (Fsp3) is 0.143. The first-order valence-electron chi connectivity index (χ1n) is 8.69. The molecule has 1 aliphatic rings. The van der Waals surface area contributed by atoms with Crippen molar-refractivity contribution in [3.8, 4) is 23.8 Å². The number of hydrogen-bond donors (Lipinski definition) is 0. The second-order valence-corrected chi connectivity index (χ2v) is 7.16. The van der Waals surface area contributed by atoms with Crippen molar-refractivity contribution in [2.24, 2.45) is 5.10 Å². The molecule has 0 N–H and O–H groups in total. The minimum atomic E-state index is -2.34. The van der Waals surface area contributed by atoms with E-state index in [-0.39, 0.29) is 28.7 Å². The normalized spacial score (nSPS) is 14.6. The molecular weight excluding hydrogens is 503 g/mol. The second-order valence-electron chi connectivity index (χ2n) is 6.31. The summed E-state index contributed by atoms with van der Waals surface area (Å²) in [4.78, 5) is 12.8. The van der Waals surface area contributed by atoms with Gasteiger partial charge in [0, 0.05) is 0 Å². The molecule has 5 nitrogen and oxygen atoms in total. The van der Waals surface area contributed by atoms with Crippen LogP contribution in [0, 0.1) is 41.4 Å². The molecule has 0 saturated heterocycles. The summed E-state index contributed by atoms with van der Waals surface area (Å²) in [6, 6.07) is 3.04. The number of ether oxygens (including phenoxy) is 2. The van der Waals surface area contributed by atoms with Crippen LogP contribution in [0.1, 0.15) is 12.5 Å². The van der Waals surface area contributed by atoms with E-state index < -0.39 is 40.7 Å². The topological polar surface area (TPSA) is 51.1 Å². The molecule has 0 fully saturated rings. The number of benzene rings is 2. The summed E-state index contributed by atoms with van der Waals surface area (Å²) >= 11 is 3.29. The Bertz CT molecular complexity index is 1210. The minimum Gasteiger partial charge on any atom is -0.493 e. The SMILES string of the molecule is C#CCOc1c(Br)cc(/C=C2/C(=O)N(c3c(F)c(F)c(F)c(F)c3F)N=C2C)cc1OC. The van der Waals surface area contributed by atoms with Crippen molar-refractivity contribution in [2.75, 3.05) is 18.7 Å². The van der Waals surface area contributed by atoms with Crippen LogP contribution in [-0.4, -0.2) is 25.3 Å². The lowest BCUT2D eigenvalue weighted by Crippen LogP contribution is -2.25. The average molecular weight is 515 g/mol. The van der Waals surface area contributed by atoms with E-state index in [1.54, 1.807) is 6.07 Å². The van der Waals surface area contributed by atoms with Crippen molar-refractivity contribution in [1.29, 1.82) is 0 Å². The molecular formula is C21H12BrF5N2O3. The van der Waals surface area contributed by atoms with Gasteiger partial charge in [-0.05, 0) is 46.6 Å². The summed E-state index contributed by atoms with van der Waals surface area (Å²) in [5.41, 5.74) is -1.23. The van der Waals surface area contributed by atoms with Gasteiger partial charge in [-0.25, -0.2) is 22.0 Å². The standard InChI is InChI=1S/C21H12BrF5N2O3/c1-4-5-32-20-12(22)7-10(8-13(20)31-3)6-11-9(2)28-29(21(11)30)19-17(26)15(24)14(23)16(25)18(19)27/h1,6-8H,5H2,2-3H3/b11-6+. The first kappa shape index (κ1) is 23.3. The van der Waals surface area contributed by atoms with Gasteiger partial charge in [0.25, 0.3) is 5.91 Å². The molecule has 1 amide bonds. The van der Waals surface area contributed by atoms with E-state index in [4.69, 9.17) is 15.9 Å². The van der Waals surface area contributed by atoms with Gasteiger partial charge in [-0.2, -0.15) is 10.1 Å². The molecule has 32 heavy (non-hydrogen) atoms. The fourth-order valence-corrected chi connectivity index (χ4v) is 3.43. The van der Waals surface area contributed by atoms with E-state index in [0.717, 1.165) is 0 Å². The number of amides is 1. The molecule has 2 aromatic carbocycles. The molecule has 0 atom stereocenters. The number of halogens is 6. The molecule has 1 aliphatic heterocycles. The number of rotatable bonds is 5. The second kappa shape index (κ2) is 9.00. The number of methoxy groups -OCH3 is 1. The Morgan fingerprint density at radius 1 is 1.12 bits per heavy atom. The largest absolute Gasteiger partial charge is 0.493 e. The first-order valence-corrected chi connectivity index (χ1v) is 9.48. The van der Waals surface area contributed by atoms with Crippen molar-refractivity contribution in [3.63, 3.8) is 0 Å². The highest BCUT2D eigenvalue weighted by Gasteiger charge is 2.37. The zero-order valence-corrected chi connectivity index (χ0v) is 18.0. The molecule has 1 heterocycles. The van der Waals surface area contributed by atoms with Crippen LogP contribution in [0.5, 0.6) is 11.5 Å². The van der Waals surface area contributed by atoms with Crippen molar-refractivity contribution >= 4 is 39.3 Å². The third-order valence-electron chi connectivity index (χ3n) is 4.32. The number of hydrazone groups is 1. The molecule has 0 bridgehead atoms. The van der Waals surface area contributed by atoms with Crippen molar-refractivity contribution < 1.29 is 36.2 Å². The molecule has 0 saturated carbocycles. The van der Waals surface area contributed by atoms with E-state index in [1.807, 2.05) is 0 Å². The molecule has 0 spiro atoms. The van der Waals surface area contributed by atoms with Gasteiger partial charge in [0.2, 0.25) is 5.82 Å². The summed E-state index contributed by atoms with van der Waals surface area (Å²) < 4.78 is 79.8. The highest BCUT2D eigenvalue weighted by molar-refractivity contribution is 9.10. The van der Waals surface area contributed by atoms with Crippen LogP contribution < -0.4 is 14.5 Å². The maximum Gasteiger partial charge on any atom is 0.280 e. The minimum absolute atomic E-state index is 0.0123. The highest BCUT2D eigenvalue weighted by Crippen LogP contribution is 2.38. The summed E-state index contributed by atoms with van der Waals surface area (Å²) in [6.45, 7) is 1.31. The molecule has 0 aliphatic carbocycles. The predicted octanol–water partition coefficient (Wildman–Crippen LogP) is 4.97. The number of anilines is 1. The third-order valence-corrected chi connectivity index (χ3v) is 4.91. The summed E-state index contributed by atoms with van der Waals surface area (Å²) in [5, 5.41) is 3.81. The van der Waals surface area contributed by atoms with E-state index >= 15 is 0 Å². The Morgan fingerprint density at radius 2 is 1.72 bits per heavy atom. The summed E-state index contributed by atoms with van der Waals surface area (Å²) in [6.07, 6.45) is 6.49. The van der Waals surface area contributed by atoms with Gasteiger partial charge in [-0.1, -0.05) is 5.92 Å². The smallest absolute Gasteiger partial charge is 0.280 e. The van der Waals surface area contributed by atoms with Gasteiger partial charge in [0.1, 0.15) is 12.3 Å². The molecule has 0 unspecified atom stereocenters. The summed E-state index contributed by atoms with van der Waals surface area (Å²) in [7, 11) is 1.37. The van der Waals surface area contributed by atoms with Gasteiger partial charge < -0.3 is 9.47 Å². The maximum atomic E-state index is 14.2. The Morgan fingerprint density at radius 3 is 2.28 bits per heavy atom. The van der Waals surface area contributed by atoms with E-state index in [1.165, 1.54) is 26.2 Å². The van der Waals surface area contributed by atoms with Crippen molar-refractivity contribution in [2.45, 2.75) is 6.92 Å². The van der Waals surface area contributed by atoms with Crippen LogP contribution in [0.2, 0.25) is 0 Å². The van der Waals surface area contributed by atoms with Gasteiger partial charge in [-0.3, -0.25) is 4.79 Å². The van der Waals surface area contributed by atoms with E-state index in [9.17, 15) is 26.7 Å².